The zero-order chi connectivity index (χ0) is 11.3. The fourth-order valence-corrected chi connectivity index (χ4v) is 1.45. The molecule has 0 heterocycles. The molecule has 0 radical (unpaired) electrons. The molecule has 0 spiro atoms. The minimum absolute atomic E-state index is 0.211. The van der Waals surface area contributed by atoms with Crippen LogP contribution in [0.4, 0.5) is 4.39 Å². The summed E-state index contributed by atoms with van der Waals surface area (Å²) in [7, 11) is 3.03. The molecule has 1 aromatic carbocycles. The largest absolute Gasteiger partial charge is 0.488 e. The van der Waals surface area contributed by atoms with E-state index in [1.54, 1.807) is 6.07 Å². The third kappa shape index (κ3) is 4.15. The van der Waals surface area contributed by atoms with Gasteiger partial charge in [0.1, 0.15) is 18.2 Å². The van der Waals surface area contributed by atoms with Crippen LogP contribution in [0.15, 0.2) is 22.7 Å². The molecule has 15 heavy (non-hydrogen) atoms. The van der Waals surface area contributed by atoms with Gasteiger partial charge in [-0.25, -0.2) is 4.39 Å². The molecular weight excluding hydrogens is 267 g/mol. The van der Waals surface area contributed by atoms with E-state index in [1.807, 2.05) is 0 Å². The van der Waals surface area contributed by atoms with Crippen LogP contribution in [0.25, 0.3) is 0 Å². The van der Waals surface area contributed by atoms with Gasteiger partial charge < -0.3 is 14.2 Å². The molecule has 0 unspecified atom stereocenters. The summed E-state index contributed by atoms with van der Waals surface area (Å²) in [5, 5.41) is 0. The van der Waals surface area contributed by atoms with Crippen molar-refractivity contribution in [3.63, 3.8) is 0 Å². The summed E-state index contributed by atoms with van der Waals surface area (Å²) in [5.74, 6) is 0.0757. The summed E-state index contributed by atoms with van der Waals surface area (Å²) >= 11 is 3.17. The molecule has 0 amide bonds. The first kappa shape index (κ1) is 12.4. The Balaban J connectivity index is 2.57. The maximum absolute atomic E-state index is 12.9. The molecule has 0 aromatic heterocycles. The van der Waals surface area contributed by atoms with Gasteiger partial charge in [0.2, 0.25) is 0 Å². The van der Waals surface area contributed by atoms with Crippen molar-refractivity contribution < 1.29 is 18.6 Å². The summed E-state index contributed by atoms with van der Waals surface area (Å²) < 4.78 is 28.7. The van der Waals surface area contributed by atoms with Gasteiger partial charge in [-0.15, -0.1) is 0 Å². The van der Waals surface area contributed by atoms with E-state index in [-0.39, 0.29) is 12.4 Å². The SMILES string of the molecule is COC(COc1cc(F)cc(Br)c1)OC. The molecular formula is C10H12BrFO3. The fourth-order valence-electron chi connectivity index (χ4n) is 1.01. The minimum Gasteiger partial charge on any atom is -0.488 e. The molecule has 5 heteroatoms. The van der Waals surface area contributed by atoms with E-state index in [0.29, 0.717) is 10.2 Å². The van der Waals surface area contributed by atoms with Crippen molar-refractivity contribution in [3.8, 4) is 5.75 Å². The minimum atomic E-state index is -0.452. The van der Waals surface area contributed by atoms with Crippen molar-refractivity contribution in [3.05, 3.63) is 28.5 Å². The average Bonchev–Trinajstić information content (AvgIpc) is 2.18. The molecule has 1 rings (SSSR count). The molecule has 0 atom stereocenters. The predicted molar refractivity (Wildman–Crippen MR) is 57.4 cm³/mol. The summed E-state index contributed by atoms with van der Waals surface area (Å²) in [5.41, 5.74) is 0. The number of hydrogen-bond donors (Lipinski definition) is 0. The van der Waals surface area contributed by atoms with E-state index in [0.717, 1.165) is 0 Å². The van der Waals surface area contributed by atoms with Crippen LogP contribution < -0.4 is 4.74 Å². The quantitative estimate of drug-likeness (QED) is 0.775. The average molecular weight is 279 g/mol. The van der Waals surface area contributed by atoms with E-state index >= 15 is 0 Å². The van der Waals surface area contributed by atoms with E-state index in [4.69, 9.17) is 14.2 Å². The zero-order valence-corrected chi connectivity index (χ0v) is 10.1. The van der Waals surface area contributed by atoms with Gasteiger partial charge in [0.15, 0.2) is 6.29 Å². The van der Waals surface area contributed by atoms with Gasteiger partial charge in [-0.2, -0.15) is 0 Å². The highest BCUT2D eigenvalue weighted by atomic mass is 79.9. The van der Waals surface area contributed by atoms with Crippen molar-refractivity contribution in [1.82, 2.24) is 0 Å². The topological polar surface area (TPSA) is 27.7 Å². The van der Waals surface area contributed by atoms with Crippen LogP contribution in [-0.4, -0.2) is 27.1 Å². The molecule has 3 nitrogen and oxygen atoms in total. The van der Waals surface area contributed by atoms with Gasteiger partial charge in [-0.3, -0.25) is 0 Å². The van der Waals surface area contributed by atoms with E-state index < -0.39 is 6.29 Å². The van der Waals surface area contributed by atoms with Crippen LogP contribution in [0.5, 0.6) is 5.75 Å². The predicted octanol–water partition coefficient (Wildman–Crippen LogP) is 2.59. The molecule has 0 N–H and O–H groups in total. The number of benzene rings is 1. The first-order chi connectivity index (χ1) is 7.15. The lowest BCUT2D eigenvalue weighted by molar-refractivity contribution is -0.122. The fraction of sp³-hybridized carbons (Fsp3) is 0.400. The van der Waals surface area contributed by atoms with Gasteiger partial charge in [0.25, 0.3) is 0 Å². The van der Waals surface area contributed by atoms with Gasteiger partial charge in [-0.05, 0) is 12.1 Å². The Hall–Kier alpha value is -0.650. The van der Waals surface area contributed by atoms with Crippen molar-refractivity contribution >= 4 is 15.9 Å². The van der Waals surface area contributed by atoms with Crippen LogP contribution in [-0.2, 0) is 9.47 Å². The molecule has 84 valence electrons. The smallest absolute Gasteiger partial charge is 0.191 e. The normalized spacial score (nSPS) is 10.7. The number of methoxy groups -OCH3 is 2. The molecule has 0 aliphatic rings. The Labute approximate surface area is 96.3 Å². The highest BCUT2D eigenvalue weighted by molar-refractivity contribution is 9.10. The first-order valence-corrected chi connectivity index (χ1v) is 5.09. The summed E-state index contributed by atoms with van der Waals surface area (Å²) in [6.45, 7) is 0.211. The van der Waals surface area contributed by atoms with E-state index in [9.17, 15) is 4.39 Å². The highest BCUT2D eigenvalue weighted by Gasteiger charge is 2.07. The lowest BCUT2D eigenvalue weighted by Crippen LogP contribution is -2.22. The second-order valence-electron chi connectivity index (χ2n) is 2.82. The molecule has 0 aliphatic heterocycles. The van der Waals surface area contributed by atoms with Gasteiger partial charge in [0.05, 0.1) is 0 Å². The Morgan fingerprint density at radius 2 is 1.93 bits per heavy atom. The molecule has 0 fully saturated rings. The Bertz CT molecular complexity index is 295. The van der Waals surface area contributed by atoms with Gasteiger partial charge in [-0.1, -0.05) is 15.9 Å². The lowest BCUT2D eigenvalue weighted by atomic mass is 10.3. The second kappa shape index (κ2) is 6.05. The van der Waals surface area contributed by atoms with Crippen molar-refractivity contribution in [2.45, 2.75) is 6.29 Å². The maximum Gasteiger partial charge on any atom is 0.191 e. The highest BCUT2D eigenvalue weighted by Crippen LogP contribution is 2.20. The monoisotopic (exact) mass is 278 g/mol. The first-order valence-electron chi connectivity index (χ1n) is 4.30. The van der Waals surface area contributed by atoms with Crippen LogP contribution >= 0.6 is 15.9 Å². The summed E-state index contributed by atoms with van der Waals surface area (Å²) in [6, 6.07) is 4.33. The Morgan fingerprint density at radius 3 is 2.47 bits per heavy atom. The van der Waals surface area contributed by atoms with Crippen LogP contribution in [0.2, 0.25) is 0 Å². The van der Waals surface area contributed by atoms with Crippen LogP contribution in [0, 0.1) is 5.82 Å². The van der Waals surface area contributed by atoms with Crippen molar-refractivity contribution in [1.29, 1.82) is 0 Å². The molecule has 0 saturated heterocycles. The number of hydrogen-bond acceptors (Lipinski definition) is 3. The van der Waals surface area contributed by atoms with Gasteiger partial charge >= 0.3 is 0 Å². The third-order valence-corrected chi connectivity index (χ3v) is 2.21. The molecule has 1 aromatic rings. The van der Waals surface area contributed by atoms with Gasteiger partial charge in [0, 0.05) is 24.8 Å². The lowest BCUT2D eigenvalue weighted by Gasteiger charge is -2.14. The summed E-state index contributed by atoms with van der Waals surface area (Å²) in [6.07, 6.45) is -0.452. The Morgan fingerprint density at radius 1 is 1.27 bits per heavy atom. The molecule has 0 saturated carbocycles. The standard InChI is InChI=1S/C10H12BrFO3/c1-13-10(14-2)6-15-9-4-7(11)3-8(12)5-9/h3-5,10H,6H2,1-2H3. The zero-order valence-electron chi connectivity index (χ0n) is 8.50. The van der Waals surface area contributed by atoms with E-state index in [1.165, 1.54) is 26.4 Å². The Kier molecular flexibility index (Phi) is 5.01. The number of halogens is 2. The third-order valence-electron chi connectivity index (χ3n) is 1.75. The molecule has 0 aliphatic carbocycles. The number of rotatable bonds is 5. The van der Waals surface area contributed by atoms with Crippen LogP contribution in [0.3, 0.4) is 0 Å². The van der Waals surface area contributed by atoms with E-state index in [2.05, 4.69) is 15.9 Å². The number of ether oxygens (including phenoxy) is 3. The molecule has 0 bridgehead atoms. The van der Waals surface area contributed by atoms with Crippen molar-refractivity contribution in [2.75, 3.05) is 20.8 Å². The maximum atomic E-state index is 12.9. The van der Waals surface area contributed by atoms with Crippen LogP contribution in [0.1, 0.15) is 0 Å². The second-order valence-corrected chi connectivity index (χ2v) is 3.73. The van der Waals surface area contributed by atoms with Crippen molar-refractivity contribution in [2.24, 2.45) is 0 Å². The summed E-state index contributed by atoms with van der Waals surface area (Å²) in [4.78, 5) is 0.